The van der Waals surface area contributed by atoms with E-state index in [1.165, 1.54) is 5.56 Å². The summed E-state index contributed by atoms with van der Waals surface area (Å²) in [5, 5.41) is 1.70. The average Bonchev–Trinajstić information content (AvgIpc) is 3.12. The van der Waals surface area contributed by atoms with Gasteiger partial charge in [-0.05, 0) is 28.9 Å². The molecule has 1 aromatic carbocycles. The maximum absolute atomic E-state index is 2.62. The van der Waals surface area contributed by atoms with Crippen LogP contribution >= 0.6 is 0 Å². The Hall–Kier alpha value is -0.953. The smallest absolute Gasteiger partial charge is 0.0654 e. The molecule has 0 saturated heterocycles. The van der Waals surface area contributed by atoms with Gasteiger partial charge in [0, 0.05) is 0 Å². The van der Waals surface area contributed by atoms with Crippen molar-refractivity contribution in [1.29, 1.82) is 0 Å². The molecule has 1 aliphatic carbocycles. The maximum Gasteiger partial charge on any atom is 0.0654 e. The second kappa shape index (κ2) is 7.35. The minimum Gasteiger partial charge on any atom is -0.207 e. The molecule has 1 heteroatoms. The lowest BCUT2D eigenvalue weighted by Gasteiger charge is -2.37. The lowest BCUT2D eigenvalue weighted by Crippen LogP contribution is -2.47. The van der Waals surface area contributed by atoms with Gasteiger partial charge in [0.1, 0.15) is 0 Å². The molecule has 0 aliphatic heterocycles. The molecular weight excluding hydrogens is 316 g/mol. The molecule has 140 valence electrons. The summed E-state index contributed by atoms with van der Waals surface area (Å²) in [5.41, 5.74) is 7.00. The van der Waals surface area contributed by atoms with Gasteiger partial charge in [0.25, 0.3) is 0 Å². The third kappa shape index (κ3) is 3.92. The monoisotopic (exact) mass is 355 g/mol. The van der Waals surface area contributed by atoms with Gasteiger partial charge in [0.05, 0.1) is 8.07 Å². The summed E-state index contributed by atoms with van der Waals surface area (Å²) >= 11 is 0. The van der Waals surface area contributed by atoms with Crippen molar-refractivity contribution in [1.82, 2.24) is 0 Å². The molecular formula is C24H39Si-. The van der Waals surface area contributed by atoms with E-state index < -0.39 is 8.07 Å². The summed E-state index contributed by atoms with van der Waals surface area (Å²) in [5.74, 6) is 2.47. The van der Waals surface area contributed by atoms with E-state index in [2.05, 4.69) is 92.8 Å². The van der Waals surface area contributed by atoms with Gasteiger partial charge in [-0.1, -0.05) is 92.1 Å². The zero-order chi connectivity index (χ0) is 19.1. The highest BCUT2D eigenvalue weighted by molar-refractivity contribution is 6.92. The van der Waals surface area contributed by atoms with Crippen LogP contribution in [-0.4, -0.2) is 8.07 Å². The molecule has 25 heavy (non-hydrogen) atoms. The van der Waals surface area contributed by atoms with E-state index in [-0.39, 0.29) is 0 Å². The first-order valence-corrected chi connectivity index (χ1v) is 13.3. The number of rotatable bonds is 6. The SMILES string of the molecule is CC(C)C1=CC([Si](C)(C)c2[cH-]c(C(C)C)cc2C(C)C)C(C(C)C)=C1. The van der Waals surface area contributed by atoms with E-state index in [0.29, 0.717) is 29.2 Å². The Labute approximate surface area is 157 Å². The zero-order valence-electron chi connectivity index (χ0n) is 18.2. The van der Waals surface area contributed by atoms with Crippen molar-refractivity contribution >= 4 is 13.3 Å². The van der Waals surface area contributed by atoms with Crippen molar-refractivity contribution in [2.45, 2.75) is 85.9 Å². The molecule has 0 nitrogen and oxygen atoms in total. The zero-order valence-corrected chi connectivity index (χ0v) is 19.2. The molecule has 0 N–H and O–H groups in total. The molecule has 1 aromatic rings. The van der Waals surface area contributed by atoms with Gasteiger partial charge < -0.3 is 0 Å². The van der Waals surface area contributed by atoms with Crippen molar-refractivity contribution in [3.05, 3.63) is 46.6 Å². The standard InChI is InChI=1S/C24H39Si/c1-15(2)19-11-21(17(5)6)23(13-19)25(9,10)24-14-20(16(3)4)12-22(24)18(7)8/h11-18,23H,1-10H3/q-1. The van der Waals surface area contributed by atoms with E-state index in [1.54, 1.807) is 21.9 Å². The Morgan fingerprint density at radius 2 is 1.44 bits per heavy atom. The summed E-state index contributed by atoms with van der Waals surface area (Å²) in [6, 6.07) is 5.06. The fourth-order valence-electron chi connectivity index (χ4n) is 4.21. The Balaban J connectivity index is 2.56. The van der Waals surface area contributed by atoms with Crippen LogP contribution in [-0.2, 0) is 0 Å². The quantitative estimate of drug-likeness (QED) is 0.376. The third-order valence-corrected chi connectivity index (χ3v) is 9.97. The lowest BCUT2D eigenvalue weighted by molar-refractivity contribution is 0.745. The second-order valence-corrected chi connectivity index (χ2v) is 14.4. The van der Waals surface area contributed by atoms with E-state index in [0.717, 1.165) is 0 Å². The predicted molar refractivity (Wildman–Crippen MR) is 117 cm³/mol. The summed E-state index contributed by atoms with van der Waals surface area (Å²) < 4.78 is 0. The van der Waals surface area contributed by atoms with Gasteiger partial charge in [-0.2, -0.15) is 22.4 Å². The first-order valence-electron chi connectivity index (χ1n) is 10.2. The van der Waals surface area contributed by atoms with Crippen LogP contribution in [0.3, 0.4) is 0 Å². The molecule has 0 bridgehead atoms. The van der Waals surface area contributed by atoms with Crippen molar-refractivity contribution in [3.8, 4) is 0 Å². The van der Waals surface area contributed by atoms with Crippen LogP contribution in [0, 0.1) is 11.8 Å². The molecule has 2 rings (SSSR count). The van der Waals surface area contributed by atoms with Crippen LogP contribution in [0.4, 0.5) is 0 Å². The highest BCUT2D eigenvalue weighted by Gasteiger charge is 2.37. The number of hydrogen-bond acceptors (Lipinski definition) is 0. The molecule has 0 spiro atoms. The summed E-state index contributed by atoms with van der Waals surface area (Å²) in [6.07, 6.45) is 5.15. The molecule has 0 radical (unpaired) electrons. The van der Waals surface area contributed by atoms with Gasteiger partial charge in [-0.15, -0.1) is 0 Å². The second-order valence-electron chi connectivity index (χ2n) is 9.79. The van der Waals surface area contributed by atoms with Gasteiger partial charge in [0.2, 0.25) is 0 Å². The van der Waals surface area contributed by atoms with Crippen LogP contribution in [0.25, 0.3) is 0 Å². The van der Waals surface area contributed by atoms with E-state index in [9.17, 15) is 0 Å². The lowest BCUT2D eigenvalue weighted by atomic mass is 10.0. The molecule has 0 aromatic heterocycles. The fraction of sp³-hybridized carbons (Fsp3) is 0.625. The molecule has 0 heterocycles. The Morgan fingerprint density at radius 1 is 0.840 bits per heavy atom. The molecule has 1 unspecified atom stereocenters. The largest absolute Gasteiger partial charge is 0.207 e. The summed E-state index contributed by atoms with van der Waals surface area (Å²) in [7, 11) is -1.64. The van der Waals surface area contributed by atoms with Gasteiger partial charge in [-0.3, -0.25) is 0 Å². The van der Waals surface area contributed by atoms with Crippen molar-refractivity contribution in [3.63, 3.8) is 0 Å². The third-order valence-electron chi connectivity index (χ3n) is 6.09. The van der Waals surface area contributed by atoms with Crippen LogP contribution < -0.4 is 5.19 Å². The fourth-order valence-corrected chi connectivity index (χ4v) is 8.05. The Kier molecular flexibility index (Phi) is 5.98. The molecule has 0 amide bonds. The van der Waals surface area contributed by atoms with Gasteiger partial charge in [0.15, 0.2) is 0 Å². The van der Waals surface area contributed by atoms with Crippen molar-refractivity contribution < 1.29 is 0 Å². The molecule has 1 atom stereocenters. The van der Waals surface area contributed by atoms with Crippen LogP contribution in [0.2, 0.25) is 18.6 Å². The van der Waals surface area contributed by atoms with E-state index >= 15 is 0 Å². The molecule has 0 saturated carbocycles. The van der Waals surface area contributed by atoms with Crippen molar-refractivity contribution in [2.75, 3.05) is 0 Å². The van der Waals surface area contributed by atoms with Crippen molar-refractivity contribution in [2.24, 2.45) is 11.8 Å². The molecule has 0 fully saturated rings. The van der Waals surface area contributed by atoms with Crippen LogP contribution in [0.5, 0.6) is 0 Å². The Bertz CT molecular complexity index is 662. The number of hydrogen-bond donors (Lipinski definition) is 0. The minimum atomic E-state index is -1.64. The minimum absolute atomic E-state index is 0.607. The average molecular weight is 356 g/mol. The number of allylic oxidation sites excluding steroid dienone is 4. The Morgan fingerprint density at radius 3 is 1.88 bits per heavy atom. The van der Waals surface area contributed by atoms with Gasteiger partial charge in [-0.25, -0.2) is 6.07 Å². The molecule has 1 aliphatic rings. The summed E-state index contributed by atoms with van der Waals surface area (Å²) in [6.45, 7) is 24.0. The first-order chi connectivity index (χ1) is 11.5. The normalized spacial score (nSPS) is 18.7. The topological polar surface area (TPSA) is 0 Å². The van der Waals surface area contributed by atoms with Crippen LogP contribution in [0.1, 0.15) is 78.4 Å². The van der Waals surface area contributed by atoms with E-state index in [1.807, 2.05) is 0 Å². The maximum atomic E-state index is 2.62. The highest BCUT2D eigenvalue weighted by Crippen LogP contribution is 2.44. The predicted octanol–water partition coefficient (Wildman–Crippen LogP) is 7.12. The summed E-state index contributed by atoms with van der Waals surface area (Å²) in [4.78, 5) is 0. The van der Waals surface area contributed by atoms with E-state index in [4.69, 9.17) is 0 Å². The van der Waals surface area contributed by atoms with Gasteiger partial charge >= 0.3 is 0 Å². The first kappa shape index (κ1) is 20.4. The highest BCUT2D eigenvalue weighted by atomic mass is 28.3. The van der Waals surface area contributed by atoms with Crippen LogP contribution in [0.15, 0.2) is 35.4 Å².